The molecule has 134 valence electrons. The number of nitrogens with zero attached hydrogens (tertiary/aromatic N) is 2. The van der Waals surface area contributed by atoms with Gasteiger partial charge in [0.1, 0.15) is 5.69 Å². The van der Waals surface area contributed by atoms with Crippen molar-refractivity contribution in [2.24, 2.45) is 5.92 Å². The Hall–Kier alpha value is -1.81. The highest BCUT2D eigenvalue weighted by Gasteiger charge is 2.24. The highest BCUT2D eigenvalue weighted by Crippen LogP contribution is 2.26. The topological polar surface area (TPSA) is 39.3 Å². The number of rotatable bonds is 4. The molecule has 0 unspecified atom stereocenters. The van der Waals surface area contributed by atoms with Gasteiger partial charge in [-0.2, -0.15) is 0 Å². The van der Waals surface area contributed by atoms with E-state index in [0.29, 0.717) is 0 Å². The maximum Gasteiger partial charge on any atom is 0.270 e. The molecule has 1 saturated carbocycles. The monoisotopic (exact) mass is 339 g/mol. The highest BCUT2D eigenvalue weighted by molar-refractivity contribution is 5.98. The van der Waals surface area contributed by atoms with E-state index in [1.807, 2.05) is 35.2 Å². The minimum atomic E-state index is 0.142. The molecular formula is C21H29N3O. The number of hydrogen-bond acceptors (Lipinski definition) is 2. The lowest BCUT2D eigenvalue weighted by molar-refractivity contribution is 0.0622. The summed E-state index contributed by atoms with van der Waals surface area (Å²) in [5.74, 6) is 1.09. The van der Waals surface area contributed by atoms with Gasteiger partial charge in [0.2, 0.25) is 0 Å². The lowest BCUT2D eigenvalue weighted by Crippen LogP contribution is -2.49. The van der Waals surface area contributed by atoms with E-state index < -0.39 is 0 Å². The van der Waals surface area contributed by atoms with Gasteiger partial charge in [0.05, 0.1) is 0 Å². The molecule has 25 heavy (non-hydrogen) atoms. The molecule has 4 nitrogen and oxygen atoms in total. The van der Waals surface area contributed by atoms with E-state index in [0.717, 1.165) is 48.7 Å². The quantitative estimate of drug-likeness (QED) is 0.918. The zero-order valence-electron chi connectivity index (χ0n) is 15.0. The third-order valence-electron chi connectivity index (χ3n) is 6.00. The molecule has 0 radical (unpaired) electrons. The predicted molar refractivity (Wildman–Crippen MR) is 102 cm³/mol. The van der Waals surface area contributed by atoms with E-state index >= 15 is 0 Å². The molecule has 2 fully saturated rings. The van der Waals surface area contributed by atoms with Crippen LogP contribution in [0.3, 0.4) is 0 Å². The number of benzene rings is 1. The number of fused-ring (bicyclic) bond motifs is 1. The Labute approximate surface area is 150 Å². The van der Waals surface area contributed by atoms with Crippen molar-refractivity contribution in [2.75, 3.05) is 32.7 Å². The van der Waals surface area contributed by atoms with Crippen molar-refractivity contribution in [3.8, 4) is 0 Å². The first-order valence-corrected chi connectivity index (χ1v) is 9.89. The average Bonchev–Trinajstić information content (AvgIpc) is 3.11. The first kappa shape index (κ1) is 16.6. The predicted octanol–water partition coefficient (Wildman–Crippen LogP) is 3.90. The van der Waals surface area contributed by atoms with E-state index in [4.69, 9.17) is 0 Å². The Morgan fingerprint density at radius 2 is 1.80 bits per heavy atom. The minimum Gasteiger partial charge on any atom is -0.351 e. The fourth-order valence-electron chi connectivity index (χ4n) is 4.37. The van der Waals surface area contributed by atoms with Gasteiger partial charge in [-0.1, -0.05) is 50.3 Å². The van der Waals surface area contributed by atoms with Gasteiger partial charge in [0.15, 0.2) is 0 Å². The minimum absolute atomic E-state index is 0.142. The molecule has 2 aliphatic rings. The summed E-state index contributed by atoms with van der Waals surface area (Å²) in [6, 6.07) is 10.1. The molecule has 1 amide bonds. The number of para-hydroxylation sites is 1. The Bertz CT molecular complexity index is 676. The highest BCUT2D eigenvalue weighted by atomic mass is 16.2. The van der Waals surface area contributed by atoms with Crippen molar-refractivity contribution < 1.29 is 4.79 Å². The van der Waals surface area contributed by atoms with Crippen LogP contribution in [-0.4, -0.2) is 53.4 Å². The number of nitrogens with one attached hydrogen (secondary N) is 1. The van der Waals surface area contributed by atoms with Crippen LogP contribution in [0.1, 0.15) is 49.0 Å². The van der Waals surface area contributed by atoms with Gasteiger partial charge in [0, 0.05) is 37.1 Å². The van der Waals surface area contributed by atoms with Gasteiger partial charge in [0.25, 0.3) is 5.91 Å². The summed E-state index contributed by atoms with van der Waals surface area (Å²) in [6.07, 6.45) is 8.49. The van der Waals surface area contributed by atoms with E-state index in [1.165, 1.54) is 45.1 Å². The van der Waals surface area contributed by atoms with Crippen LogP contribution in [-0.2, 0) is 0 Å². The van der Waals surface area contributed by atoms with Crippen molar-refractivity contribution in [1.29, 1.82) is 0 Å². The van der Waals surface area contributed by atoms with Gasteiger partial charge in [-0.3, -0.25) is 9.69 Å². The van der Waals surface area contributed by atoms with Crippen LogP contribution in [0.5, 0.6) is 0 Å². The molecular weight excluding hydrogens is 310 g/mol. The summed E-state index contributed by atoms with van der Waals surface area (Å²) in [7, 11) is 0. The molecule has 1 aliphatic carbocycles. The van der Waals surface area contributed by atoms with Crippen LogP contribution in [0.2, 0.25) is 0 Å². The van der Waals surface area contributed by atoms with Crippen LogP contribution in [0.4, 0.5) is 0 Å². The van der Waals surface area contributed by atoms with Gasteiger partial charge >= 0.3 is 0 Å². The first-order valence-electron chi connectivity index (χ1n) is 9.89. The summed E-state index contributed by atoms with van der Waals surface area (Å²) in [4.78, 5) is 20.6. The summed E-state index contributed by atoms with van der Waals surface area (Å²) >= 11 is 0. The third-order valence-corrected chi connectivity index (χ3v) is 6.00. The number of H-pyrrole nitrogens is 1. The molecule has 1 aliphatic heterocycles. The molecule has 2 aromatic rings. The number of piperazine rings is 1. The zero-order chi connectivity index (χ0) is 17.1. The van der Waals surface area contributed by atoms with Gasteiger partial charge in [-0.05, 0) is 31.0 Å². The Morgan fingerprint density at radius 3 is 2.56 bits per heavy atom. The van der Waals surface area contributed by atoms with Crippen molar-refractivity contribution in [1.82, 2.24) is 14.8 Å². The summed E-state index contributed by atoms with van der Waals surface area (Å²) < 4.78 is 0. The van der Waals surface area contributed by atoms with Crippen LogP contribution < -0.4 is 0 Å². The fraction of sp³-hybridized carbons (Fsp3) is 0.571. The molecule has 1 N–H and O–H groups in total. The molecule has 4 heteroatoms. The van der Waals surface area contributed by atoms with Crippen molar-refractivity contribution >= 4 is 16.8 Å². The number of carbonyl (C=O) groups excluding carboxylic acids is 1. The smallest absolute Gasteiger partial charge is 0.270 e. The van der Waals surface area contributed by atoms with Crippen LogP contribution in [0, 0.1) is 5.92 Å². The second kappa shape index (κ2) is 7.61. The van der Waals surface area contributed by atoms with Crippen molar-refractivity contribution in [3.05, 3.63) is 36.0 Å². The normalized spacial score (nSPS) is 20.2. The summed E-state index contributed by atoms with van der Waals surface area (Å²) in [5.41, 5.74) is 1.76. The van der Waals surface area contributed by atoms with Crippen molar-refractivity contribution in [3.63, 3.8) is 0 Å². The lowest BCUT2D eigenvalue weighted by Gasteiger charge is -2.35. The standard InChI is InChI=1S/C21H29N3O/c25-21(20-16-18-8-4-5-9-19(18)22-20)24-14-12-23(13-15-24)11-10-17-6-2-1-3-7-17/h4-5,8-9,16-17,22H,1-3,6-7,10-15H2. The van der Waals surface area contributed by atoms with E-state index in [-0.39, 0.29) is 5.91 Å². The number of hydrogen-bond donors (Lipinski definition) is 1. The maximum atomic E-state index is 12.8. The number of amides is 1. The fourth-order valence-corrected chi connectivity index (χ4v) is 4.37. The average molecular weight is 339 g/mol. The van der Waals surface area contributed by atoms with Crippen molar-refractivity contribution in [2.45, 2.75) is 38.5 Å². The SMILES string of the molecule is O=C(c1cc2ccccc2[nH]1)N1CCN(CCC2CCCCC2)CC1. The Balaban J connectivity index is 1.28. The molecule has 0 atom stereocenters. The van der Waals surface area contributed by atoms with Gasteiger partial charge < -0.3 is 9.88 Å². The van der Waals surface area contributed by atoms with Gasteiger partial charge in [-0.25, -0.2) is 0 Å². The van der Waals surface area contributed by atoms with Crippen LogP contribution in [0.15, 0.2) is 30.3 Å². The van der Waals surface area contributed by atoms with Crippen LogP contribution >= 0.6 is 0 Å². The number of aromatic nitrogens is 1. The summed E-state index contributed by atoms with van der Waals surface area (Å²) in [6.45, 7) is 4.92. The lowest BCUT2D eigenvalue weighted by atomic mass is 9.87. The Morgan fingerprint density at radius 1 is 1.04 bits per heavy atom. The number of carbonyl (C=O) groups is 1. The first-order chi connectivity index (χ1) is 12.3. The van der Waals surface area contributed by atoms with E-state index in [1.54, 1.807) is 0 Å². The molecule has 4 rings (SSSR count). The molecule has 2 heterocycles. The second-order valence-electron chi connectivity index (χ2n) is 7.70. The zero-order valence-corrected chi connectivity index (χ0v) is 15.0. The molecule has 1 aromatic carbocycles. The molecule has 1 aromatic heterocycles. The molecule has 0 bridgehead atoms. The third kappa shape index (κ3) is 3.90. The maximum absolute atomic E-state index is 12.8. The van der Waals surface area contributed by atoms with E-state index in [2.05, 4.69) is 9.88 Å². The van der Waals surface area contributed by atoms with E-state index in [9.17, 15) is 4.79 Å². The van der Waals surface area contributed by atoms with Gasteiger partial charge in [-0.15, -0.1) is 0 Å². The van der Waals surface area contributed by atoms with Crippen LogP contribution in [0.25, 0.3) is 10.9 Å². The molecule has 1 saturated heterocycles. The Kier molecular flexibility index (Phi) is 5.07. The summed E-state index contributed by atoms with van der Waals surface area (Å²) in [5, 5.41) is 1.11. The number of aromatic amines is 1. The molecule has 0 spiro atoms. The second-order valence-corrected chi connectivity index (χ2v) is 7.70. The largest absolute Gasteiger partial charge is 0.351 e.